The first-order chi connectivity index (χ1) is 39.3. The molecule has 0 unspecified atom stereocenters. The molecule has 3 amide bonds. The van der Waals surface area contributed by atoms with Crippen molar-refractivity contribution in [2.75, 3.05) is 80.2 Å². The number of alkyl halides is 3. The predicted molar refractivity (Wildman–Crippen MR) is 343 cm³/mol. The highest BCUT2D eigenvalue weighted by atomic mass is 79.9. The molecule has 0 radical (unpaired) electrons. The van der Waals surface area contributed by atoms with Crippen LogP contribution in [0.2, 0.25) is 0 Å². The third kappa shape index (κ3) is 12.7. The van der Waals surface area contributed by atoms with Crippen LogP contribution in [-0.4, -0.2) is 110 Å². The molecule has 13 N–H and O–H groups in total. The molecule has 1 fully saturated rings. The molecular weight excluding hydrogens is 1250 g/mol. The Hall–Kier alpha value is -4.90. The van der Waals surface area contributed by atoms with Crippen LogP contribution in [-0.2, 0) is 44.0 Å². The Morgan fingerprint density at radius 3 is 1.35 bits per heavy atom. The first-order valence-corrected chi connectivity index (χ1v) is 33.4. The summed E-state index contributed by atoms with van der Waals surface area (Å²) in [4.78, 5) is 63.8. The zero-order valence-electron chi connectivity index (χ0n) is 44.0. The summed E-state index contributed by atoms with van der Waals surface area (Å²) in [5.41, 5.74) is 46.8. The Balaban J connectivity index is 0.000000132. The van der Waals surface area contributed by atoms with Gasteiger partial charge in [0.1, 0.15) is 29.1 Å². The van der Waals surface area contributed by atoms with Crippen molar-refractivity contribution >= 4 is 173 Å². The fraction of sp³-hybridized carbons (Fsp3) is 0.345. The number of carbonyl (C=O) groups excluding carboxylic acids is 3. The van der Waals surface area contributed by atoms with E-state index in [-0.39, 0.29) is 0 Å². The van der Waals surface area contributed by atoms with Crippen LogP contribution in [0.15, 0.2) is 52.5 Å². The van der Waals surface area contributed by atoms with Crippen LogP contribution in [0.3, 0.4) is 0 Å². The molecule has 1 saturated heterocycles. The number of nitrogens with one attached hydrogen (secondary N) is 1. The standard InChI is InChI=1S/C21H25N5O2S2.C17H17ClN4OS2.C14H12N4OS2.C3H6BrCl/c22-18-17-16(15-3-1-10-29-15)13-11-26(5-2-4-25-6-8-28-9-7-25)12-14(13)24-21(17)30-19(18)20(23)27;18-4-2-5-22-7-9-10(8-22)21-17-13(12(9)11-3-1-6-24-11)14(19)15(25-17)16(20)23;15-11-10-9(8-2-1-3-20-8)6-4-17-5-7(6)18-14(10)21-12(11)13(16)19;4-2-1-3-5/h1,3,10H,2,4-9,11-12,22H2,(H2,23,27);1,3,6H,2,4-5,7-8,19H2,(H2,20,23);1-3,17H,4-5,15H2,(H2,16,19);1-3H2. The van der Waals surface area contributed by atoms with E-state index in [0.717, 1.165) is 195 Å². The molecule has 0 bridgehead atoms. The number of carbonyl (C=O) groups is 3. The second-order valence-corrected chi connectivity index (χ2v) is 26.8. The lowest BCUT2D eigenvalue weighted by Crippen LogP contribution is -2.37. The molecule has 4 aliphatic rings. The molecule has 17 nitrogen and oxygen atoms in total. The van der Waals surface area contributed by atoms with Crippen LogP contribution >= 0.6 is 107 Å². The zero-order valence-corrected chi connectivity index (χ0v) is 52.0. The molecule has 9 aromatic rings. The van der Waals surface area contributed by atoms with Gasteiger partial charge in [-0.3, -0.25) is 29.1 Å². The smallest absolute Gasteiger partial charge is 0.260 e. The van der Waals surface area contributed by atoms with E-state index >= 15 is 0 Å². The van der Waals surface area contributed by atoms with Crippen molar-refractivity contribution in [1.29, 1.82) is 0 Å². The first-order valence-electron chi connectivity index (χ1n) is 26.1. The van der Waals surface area contributed by atoms with Crippen LogP contribution in [0.5, 0.6) is 0 Å². The van der Waals surface area contributed by atoms with Gasteiger partial charge in [0.15, 0.2) is 0 Å². The number of hydrogen-bond acceptors (Lipinski definition) is 20. The van der Waals surface area contributed by atoms with Crippen LogP contribution in [0.25, 0.3) is 62.0 Å². The topological polar surface area (TPSA) is 277 Å². The number of hydrogen-bond donors (Lipinski definition) is 7. The van der Waals surface area contributed by atoms with Gasteiger partial charge in [-0.05, 0) is 76.8 Å². The molecule has 13 heterocycles. The number of thiophene rings is 6. The van der Waals surface area contributed by atoms with Gasteiger partial charge in [0, 0.05) is 130 Å². The second-order valence-electron chi connectivity index (χ2n) is 19.4. The quantitative estimate of drug-likeness (QED) is 0.0470. The minimum atomic E-state index is -0.499. The number of ether oxygens (including phenoxy) is 1. The molecule has 13 rings (SSSR count). The Labute approximate surface area is 510 Å². The number of morpholine rings is 1. The number of pyridine rings is 3. The average Bonchev–Trinajstić information content (AvgIpc) is 3.59. The first kappa shape index (κ1) is 59.3. The minimum Gasteiger partial charge on any atom is -0.397 e. The van der Waals surface area contributed by atoms with E-state index in [0.29, 0.717) is 37.6 Å². The number of halogens is 3. The SMILES string of the molecule is ClCCCBr.NC(=O)c1sc2nc3c(c(-c4cccs4)c2c1N)CN(CCCCl)C3.NC(=O)c1sc2nc3c(c(-c4cccs4)c2c1N)CN(CCCN1CCOCC1)C3.NC(=O)c1sc2nc3c(c(-c4cccs4)c2c1N)CNC3. The third-order valence-corrected chi connectivity index (χ3v) is 21.3. The second kappa shape index (κ2) is 26.8. The number of aromatic nitrogens is 3. The van der Waals surface area contributed by atoms with Gasteiger partial charge in [0.25, 0.3) is 17.7 Å². The summed E-state index contributed by atoms with van der Waals surface area (Å²) >= 11 is 23.2. The lowest BCUT2D eigenvalue weighted by molar-refractivity contribution is 0.0360. The van der Waals surface area contributed by atoms with E-state index in [9.17, 15) is 14.4 Å². The molecule has 0 aromatic carbocycles. The van der Waals surface area contributed by atoms with E-state index in [1.807, 2.05) is 29.0 Å². The maximum atomic E-state index is 11.9. The zero-order chi connectivity index (χ0) is 56.9. The van der Waals surface area contributed by atoms with Gasteiger partial charge in [0.05, 0.1) is 47.4 Å². The highest BCUT2D eigenvalue weighted by Gasteiger charge is 2.32. The fourth-order valence-electron chi connectivity index (χ4n) is 10.6. The summed E-state index contributed by atoms with van der Waals surface area (Å²) in [5.74, 6) is -0.0576. The number of rotatable bonds is 15. The number of fused-ring (bicyclic) bond motifs is 6. The lowest BCUT2D eigenvalue weighted by Gasteiger charge is -2.27. The highest BCUT2D eigenvalue weighted by molar-refractivity contribution is 9.09. The predicted octanol–water partition coefficient (Wildman–Crippen LogP) is 10.7. The molecule has 26 heteroatoms. The lowest BCUT2D eigenvalue weighted by atomic mass is 10.0. The van der Waals surface area contributed by atoms with Gasteiger partial charge in [-0.25, -0.2) is 15.0 Å². The van der Waals surface area contributed by atoms with Crippen LogP contribution in [0.1, 0.15) is 82.0 Å². The maximum absolute atomic E-state index is 11.9. The van der Waals surface area contributed by atoms with Crippen molar-refractivity contribution in [3.8, 4) is 31.3 Å². The maximum Gasteiger partial charge on any atom is 0.260 e. The summed E-state index contributed by atoms with van der Waals surface area (Å²) in [6, 6.07) is 12.4. The van der Waals surface area contributed by atoms with E-state index < -0.39 is 17.7 Å². The van der Waals surface area contributed by atoms with Crippen LogP contribution in [0, 0.1) is 0 Å². The Bertz CT molecular complexity index is 3710. The van der Waals surface area contributed by atoms with Gasteiger partial charge in [-0.15, -0.1) is 91.2 Å². The number of primary amides is 3. The van der Waals surface area contributed by atoms with Crippen molar-refractivity contribution in [2.45, 2.75) is 58.5 Å². The molecule has 81 heavy (non-hydrogen) atoms. The summed E-state index contributed by atoms with van der Waals surface area (Å²) < 4.78 is 5.44. The Morgan fingerprint density at radius 1 is 0.556 bits per heavy atom. The van der Waals surface area contributed by atoms with Crippen LogP contribution < -0.4 is 39.7 Å². The van der Waals surface area contributed by atoms with E-state index in [1.54, 1.807) is 34.0 Å². The Kier molecular flexibility index (Phi) is 19.6. The average molecular weight is 1310 g/mol. The number of nitrogens with zero attached hydrogens (tertiary/aromatic N) is 6. The van der Waals surface area contributed by atoms with Gasteiger partial charge in [-0.1, -0.05) is 34.1 Å². The van der Waals surface area contributed by atoms with Crippen molar-refractivity contribution in [2.24, 2.45) is 17.2 Å². The molecule has 4 aliphatic heterocycles. The van der Waals surface area contributed by atoms with E-state index in [4.69, 9.17) is 72.3 Å². The van der Waals surface area contributed by atoms with Crippen molar-refractivity contribution in [3.05, 3.63) is 101 Å². The number of nitrogens with two attached hydrogens (primary N) is 6. The van der Waals surface area contributed by atoms with Gasteiger partial charge >= 0.3 is 0 Å². The molecule has 0 aliphatic carbocycles. The molecule has 0 atom stereocenters. The number of anilines is 3. The van der Waals surface area contributed by atoms with Gasteiger partial charge in [-0.2, -0.15) is 0 Å². The summed E-state index contributed by atoms with van der Waals surface area (Å²) in [5, 5.41) is 13.1. The third-order valence-electron chi connectivity index (χ3n) is 14.2. The molecule has 426 valence electrons. The van der Waals surface area contributed by atoms with Gasteiger partial charge < -0.3 is 44.5 Å². The number of amides is 3. The Morgan fingerprint density at radius 2 is 0.963 bits per heavy atom. The summed E-state index contributed by atoms with van der Waals surface area (Å²) in [6.07, 6.45) is 3.15. The minimum absolute atomic E-state index is 0.392. The normalized spacial score (nSPS) is 15.0. The van der Waals surface area contributed by atoms with E-state index in [1.165, 1.54) is 50.7 Å². The summed E-state index contributed by atoms with van der Waals surface area (Å²) in [6.45, 7) is 11.6. The molecular formula is C55H60BrCl2N13O4S6. The number of nitrogen functional groups attached to an aromatic ring is 3. The largest absolute Gasteiger partial charge is 0.397 e. The van der Waals surface area contributed by atoms with E-state index in [2.05, 4.69) is 64.5 Å². The highest BCUT2D eigenvalue weighted by Crippen LogP contribution is 2.48. The van der Waals surface area contributed by atoms with Crippen LogP contribution in [0.4, 0.5) is 17.1 Å². The van der Waals surface area contributed by atoms with Crippen molar-refractivity contribution < 1.29 is 19.1 Å². The molecule has 0 saturated carbocycles. The van der Waals surface area contributed by atoms with Gasteiger partial charge in [0.2, 0.25) is 0 Å². The van der Waals surface area contributed by atoms with Crippen molar-refractivity contribution in [3.63, 3.8) is 0 Å². The van der Waals surface area contributed by atoms with Crippen molar-refractivity contribution in [1.82, 2.24) is 35.0 Å². The fourth-order valence-corrected chi connectivity index (χ4v) is 16.8. The summed E-state index contributed by atoms with van der Waals surface area (Å²) in [7, 11) is 0. The molecule has 0 spiro atoms. The molecule has 9 aromatic heterocycles. The monoisotopic (exact) mass is 1310 g/mol.